The van der Waals surface area contributed by atoms with Crippen molar-refractivity contribution in [3.8, 4) is 0 Å². The molecule has 1 aromatic rings. The molecule has 0 aliphatic heterocycles. The summed E-state index contributed by atoms with van der Waals surface area (Å²) in [7, 11) is 1.83. The molecule has 0 heterocycles. The average molecular weight is 182 g/mol. The van der Waals surface area contributed by atoms with Gasteiger partial charge in [-0.05, 0) is 26.0 Å². The van der Waals surface area contributed by atoms with Crippen LogP contribution in [0.5, 0.6) is 0 Å². The van der Waals surface area contributed by atoms with Crippen LogP contribution in [0.1, 0.15) is 13.8 Å². The Kier molecular flexibility index (Phi) is 2.76. The Labute approximate surface area is 78.2 Å². The first kappa shape index (κ1) is 9.84. The van der Waals surface area contributed by atoms with E-state index in [-0.39, 0.29) is 11.9 Å². The van der Waals surface area contributed by atoms with Gasteiger partial charge in [0.2, 0.25) is 0 Å². The molecule has 3 heteroatoms. The summed E-state index contributed by atoms with van der Waals surface area (Å²) in [6.45, 7) is 3.98. The van der Waals surface area contributed by atoms with Gasteiger partial charge in [-0.25, -0.2) is 4.39 Å². The lowest BCUT2D eigenvalue weighted by Gasteiger charge is -2.25. The molecule has 0 aliphatic carbocycles. The molecule has 2 N–H and O–H groups in total. The van der Waals surface area contributed by atoms with Crippen molar-refractivity contribution in [2.45, 2.75) is 19.9 Å². The van der Waals surface area contributed by atoms with Crippen molar-refractivity contribution in [2.24, 2.45) is 0 Å². The molecule has 0 aromatic heterocycles. The number of hydrogen-bond donors (Lipinski definition) is 1. The molecule has 0 amide bonds. The van der Waals surface area contributed by atoms with Gasteiger partial charge < -0.3 is 10.6 Å². The first-order chi connectivity index (χ1) is 6.04. The van der Waals surface area contributed by atoms with Gasteiger partial charge in [0.25, 0.3) is 0 Å². The fourth-order valence-corrected chi connectivity index (χ4v) is 1.16. The van der Waals surface area contributed by atoms with Crippen LogP contribution in [0, 0.1) is 5.82 Å². The molecular weight excluding hydrogens is 167 g/mol. The van der Waals surface area contributed by atoms with Crippen molar-refractivity contribution in [2.75, 3.05) is 17.7 Å². The van der Waals surface area contributed by atoms with Crippen LogP contribution in [0.15, 0.2) is 18.2 Å². The lowest BCUT2D eigenvalue weighted by Crippen LogP contribution is -2.27. The maximum atomic E-state index is 13.3. The van der Waals surface area contributed by atoms with E-state index in [1.165, 1.54) is 6.07 Å². The van der Waals surface area contributed by atoms with Crippen molar-refractivity contribution >= 4 is 11.4 Å². The van der Waals surface area contributed by atoms with Crippen molar-refractivity contribution < 1.29 is 4.39 Å². The molecule has 72 valence electrons. The second kappa shape index (κ2) is 3.64. The lowest BCUT2D eigenvalue weighted by molar-refractivity contribution is 0.614. The molecule has 0 saturated heterocycles. The fraction of sp³-hybridized carbons (Fsp3) is 0.400. The Hall–Kier alpha value is -1.25. The van der Waals surface area contributed by atoms with Crippen LogP contribution in [0.25, 0.3) is 0 Å². The van der Waals surface area contributed by atoms with Gasteiger partial charge in [-0.1, -0.05) is 6.07 Å². The van der Waals surface area contributed by atoms with E-state index < -0.39 is 0 Å². The predicted octanol–water partition coefficient (Wildman–Crippen LogP) is 2.25. The summed E-state index contributed by atoms with van der Waals surface area (Å²) >= 11 is 0. The van der Waals surface area contributed by atoms with Crippen LogP contribution in [0.4, 0.5) is 15.8 Å². The third-order valence-electron chi connectivity index (χ3n) is 2.15. The van der Waals surface area contributed by atoms with E-state index in [0.717, 1.165) is 0 Å². The summed E-state index contributed by atoms with van der Waals surface area (Å²) in [6, 6.07) is 4.98. The van der Waals surface area contributed by atoms with E-state index in [9.17, 15) is 4.39 Å². The Bertz CT molecular complexity index is 277. The van der Waals surface area contributed by atoms with Gasteiger partial charge in [-0.15, -0.1) is 0 Å². The van der Waals surface area contributed by atoms with Gasteiger partial charge in [0.05, 0.1) is 11.4 Å². The summed E-state index contributed by atoms with van der Waals surface area (Å²) < 4.78 is 13.3. The molecule has 0 unspecified atom stereocenters. The quantitative estimate of drug-likeness (QED) is 0.711. The zero-order valence-electron chi connectivity index (χ0n) is 8.21. The smallest absolute Gasteiger partial charge is 0.148 e. The van der Waals surface area contributed by atoms with Gasteiger partial charge in [-0.2, -0.15) is 0 Å². The highest BCUT2D eigenvalue weighted by atomic mass is 19.1. The third-order valence-corrected chi connectivity index (χ3v) is 2.15. The Morgan fingerprint density at radius 2 is 2.00 bits per heavy atom. The summed E-state index contributed by atoms with van der Waals surface area (Å²) in [6.07, 6.45) is 0. The number of anilines is 2. The number of nitrogens with two attached hydrogens (primary N) is 1. The van der Waals surface area contributed by atoms with Crippen molar-refractivity contribution in [1.29, 1.82) is 0 Å². The molecule has 0 spiro atoms. The average Bonchev–Trinajstić information content (AvgIpc) is 2.03. The second-order valence-corrected chi connectivity index (χ2v) is 3.38. The standard InChI is InChI=1S/C10H15FN2/c1-7(2)13(3)10-8(11)5-4-6-9(10)12/h4-7H,12H2,1-3H3. The van der Waals surface area contributed by atoms with Crippen molar-refractivity contribution in [1.82, 2.24) is 0 Å². The van der Waals surface area contributed by atoms with Crippen LogP contribution in [-0.4, -0.2) is 13.1 Å². The maximum absolute atomic E-state index is 13.3. The molecule has 1 rings (SSSR count). The van der Waals surface area contributed by atoms with Gasteiger partial charge in [0.15, 0.2) is 0 Å². The lowest BCUT2D eigenvalue weighted by atomic mass is 10.2. The SMILES string of the molecule is CC(C)N(C)c1c(N)cccc1F. The van der Waals surface area contributed by atoms with Crippen LogP contribution in [-0.2, 0) is 0 Å². The minimum Gasteiger partial charge on any atom is -0.397 e. The number of para-hydroxylation sites is 1. The van der Waals surface area contributed by atoms with Gasteiger partial charge in [0.1, 0.15) is 5.82 Å². The number of hydrogen-bond acceptors (Lipinski definition) is 2. The Balaban J connectivity index is 3.12. The number of rotatable bonds is 2. The van der Waals surface area contributed by atoms with E-state index in [2.05, 4.69) is 0 Å². The Morgan fingerprint density at radius 1 is 1.38 bits per heavy atom. The third kappa shape index (κ3) is 1.91. The summed E-state index contributed by atoms with van der Waals surface area (Å²) in [5, 5.41) is 0. The summed E-state index contributed by atoms with van der Waals surface area (Å²) in [4.78, 5) is 1.82. The van der Waals surface area contributed by atoms with Crippen LogP contribution >= 0.6 is 0 Å². The first-order valence-corrected chi connectivity index (χ1v) is 4.31. The van der Waals surface area contributed by atoms with Gasteiger partial charge in [0, 0.05) is 13.1 Å². The van der Waals surface area contributed by atoms with Crippen LogP contribution in [0.2, 0.25) is 0 Å². The molecule has 0 radical (unpaired) electrons. The van der Waals surface area contributed by atoms with Crippen molar-refractivity contribution in [3.63, 3.8) is 0 Å². The molecular formula is C10H15FN2. The molecule has 0 atom stereocenters. The largest absolute Gasteiger partial charge is 0.397 e. The van der Waals surface area contributed by atoms with Crippen LogP contribution < -0.4 is 10.6 Å². The molecule has 1 aromatic carbocycles. The van der Waals surface area contributed by atoms with Crippen LogP contribution in [0.3, 0.4) is 0 Å². The summed E-state index contributed by atoms with van der Waals surface area (Å²) in [5.41, 5.74) is 6.64. The molecule has 0 fully saturated rings. The monoisotopic (exact) mass is 182 g/mol. The van der Waals surface area contributed by atoms with E-state index in [0.29, 0.717) is 11.4 Å². The van der Waals surface area contributed by atoms with Gasteiger partial charge >= 0.3 is 0 Å². The van der Waals surface area contributed by atoms with E-state index in [4.69, 9.17) is 5.73 Å². The number of nitrogen functional groups attached to an aromatic ring is 1. The molecule has 0 saturated carbocycles. The highest BCUT2D eigenvalue weighted by molar-refractivity contribution is 5.68. The van der Waals surface area contributed by atoms with E-state index in [1.807, 2.05) is 25.8 Å². The number of benzene rings is 1. The zero-order valence-corrected chi connectivity index (χ0v) is 8.21. The van der Waals surface area contributed by atoms with E-state index in [1.54, 1.807) is 12.1 Å². The normalized spacial score (nSPS) is 10.5. The molecule has 0 bridgehead atoms. The molecule has 0 aliphatic rings. The predicted molar refractivity (Wildman–Crippen MR) is 54.4 cm³/mol. The number of halogens is 1. The maximum Gasteiger partial charge on any atom is 0.148 e. The topological polar surface area (TPSA) is 29.3 Å². The fourth-order valence-electron chi connectivity index (χ4n) is 1.16. The summed E-state index contributed by atoms with van der Waals surface area (Å²) in [5.74, 6) is -0.267. The van der Waals surface area contributed by atoms with Gasteiger partial charge in [-0.3, -0.25) is 0 Å². The van der Waals surface area contributed by atoms with E-state index >= 15 is 0 Å². The number of nitrogens with zero attached hydrogens (tertiary/aromatic N) is 1. The highest BCUT2D eigenvalue weighted by Gasteiger charge is 2.12. The minimum atomic E-state index is -0.267. The Morgan fingerprint density at radius 3 is 2.46 bits per heavy atom. The highest BCUT2D eigenvalue weighted by Crippen LogP contribution is 2.26. The second-order valence-electron chi connectivity index (χ2n) is 3.38. The molecule has 13 heavy (non-hydrogen) atoms. The minimum absolute atomic E-state index is 0.235. The first-order valence-electron chi connectivity index (χ1n) is 4.31. The molecule has 2 nitrogen and oxygen atoms in total. The van der Waals surface area contributed by atoms with Crippen molar-refractivity contribution in [3.05, 3.63) is 24.0 Å². The zero-order chi connectivity index (χ0) is 10.0.